The van der Waals surface area contributed by atoms with Gasteiger partial charge in [-0.05, 0) is 18.9 Å². The molecule has 0 amide bonds. The summed E-state index contributed by atoms with van der Waals surface area (Å²) < 4.78 is 0. The van der Waals surface area contributed by atoms with E-state index in [-0.39, 0.29) is 0 Å². The van der Waals surface area contributed by atoms with Gasteiger partial charge in [0.1, 0.15) is 0 Å². The van der Waals surface area contributed by atoms with Crippen LogP contribution in [0.15, 0.2) is 16.6 Å². The van der Waals surface area contributed by atoms with E-state index in [1.165, 1.54) is 11.3 Å². The molecule has 1 heteroatoms. The predicted octanol–water partition coefficient (Wildman–Crippen LogP) is 1.80. The van der Waals surface area contributed by atoms with E-state index in [2.05, 4.69) is 24.9 Å². The van der Waals surface area contributed by atoms with Crippen molar-refractivity contribution in [2.75, 3.05) is 6.54 Å². The summed E-state index contributed by atoms with van der Waals surface area (Å²) in [4.78, 5) is 4.26. The molecule has 0 atom stereocenters. The number of allylic oxidation sites excluding steroid dienone is 1. The van der Waals surface area contributed by atoms with Gasteiger partial charge >= 0.3 is 0 Å². The van der Waals surface area contributed by atoms with E-state index >= 15 is 0 Å². The van der Waals surface area contributed by atoms with Crippen LogP contribution in [0.2, 0.25) is 0 Å². The van der Waals surface area contributed by atoms with E-state index in [1.807, 2.05) is 0 Å². The molecule has 0 spiro atoms. The largest absolute Gasteiger partial charge is 0.285 e. The predicted molar refractivity (Wildman–Crippen MR) is 36.4 cm³/mol. The first-order valence-corrected chi connectivity index (χ1v) is 3.05. The summed E-state index contributed by atoms with van der Waals surface area (Å²) in [7, 11) is 0. The zero-order valence-electron chi connectivity index (χ0n) is 5.44. The molecule has 0 saturated heterocycles. The Morgan fingerprint density at radius 2 is 2.50 bits per heavy atom. The van der Waals surface area contributed by atoms with Gasteiger partial charge < -0.3 is 0 Å². The van der Waals surface area contributed by atoms with Gasteiger partial charge in [0, 0.05) is 5.71 Å². The van der Waals surface area contributed by atoms with Crippen molar-refractivity contribution in [2.24, 2.45) is 4.99 Å². The summed E-state index contributed by atoms with van der Waals surface area (Å²) in [5.41, 5.74) is 2.65. The monoisotopic (exact) mass is 109 g/mol. The van der Waals surface area contributed by atoms with Gasteiger partial charge in [0.2, 0.25) is 0 Å². The van der Waals surface area contributed by atoms with Gasteiger partial charge in [0.25, 0.3) is 0 Å². The van der Waals surface area contributed by atoms with Gasteiger partial charge in [-0.3, -0.25) is 4.99 Å². The molecule has 8 heavy (non-hydrogen) atoms. The Labute approximate surface area is 50.1 Å². The topological polar surface area (TPSA) is 12.4 Å². The van der Waals surface area contributed by atoms with Gasteiger partial charge in [-0.2, -0.15) is 0 Å². The zero-order chi connectivity index (χ0) is 5.98. The molecular weight excluding hydrogens is 98.1 g/mol. The molecule has 0 aromatic heterocycles. The Morgan fingerprint density at radius 3 is 2.75 bits per heavy atom. The van der Waals surface area contributed by atoms with Crippen LogP contribution in [0, 0.1) is 0 Å². The van der Waals surface area contributed by atoms with E-state index in [4.69, 9.17) is 0 Å². The second-order valence-corrected chi connectivity index (χ2v) is 2.03. The van der Waals surface area contributed by atoms with Crippen molar-refractivity contribution in [1.29, 1.82) is 0 Å². The van der Waals surface area contributed by atoms with Crippen LogP contribution >= 0.6 is 0 Å². The molecule has 1 heterocycles. The van der Waals surface area contributed by atoms with Crippen LogP contribution in [0.1, 0.15) is 20.3 Å². The Kier molecular flexibility index (Phi) is 1.47. The quantitative estimate of drug-likeness (QED) is 0.487. The second-order valence-electron chi connectivity index (χ2n) is 2.03. The third-order valence-electron chi connectivity index (χ3n) is 1.47. The maximum Gasteiger partial charge on any atom is 0.0579 e. The fourth-order valence-electron chi connectivity index (χ4n) is 0.926. The van der Waals surface area contributed by atoms with E-state index in [1.54, 1.807) is 0 Å². The Balaban J connectivity index is 2.66. The summed E-state index contributed by atoms with van der Waals surface area (Å²) in [6.07, 6.45) is 3.25. The molecule has 1 aliphatic heterocycles. The maximum absolute atomic E-state index is 4.26. The molecule has 0 saturated carbocycles. The lowest BCUT2D eigenvalue weighted by Crippen LogP contribution is -1.91. The molecule has 0 radical (unpaired) electrons. The molecule has 0 aliphatic carbocycles. The highest BCUT2D eigenvalue weighted by Crippen LogP contribution is 2.06. The van der Waals surface area contributed by atoms with Crippen molar-refractivity contribution in [3.05, 3.63) is 11.6 Å². The first-order chi connectivity index (χ1) is 3.84. The van der Waals surface area contributed by atoms with Crippen LogP contribution in [0.25, 0.3) is 0 Å². The van der Waals surface area contributed by atoms with E-state index in [0.717, 1.165) is 13.0 Å². The van der Waals surface area contributed by atoms with Crippen molar-refractivity contribution in [1.82, 2.24) is 0 Å². The molecule has 0 unspecified atom stereocenters. The fourth-order valence-corrected chi connectivity index (χ4v) is 0.926. The van der Waals surface area contributed by atoms with Gasteiger partial charge in [0.15, 0.2) is 0 Å². The fraction of sp³-hybridized carbons (Fsp3) is 0.571. The second kappa shape index (κ2) is 2.12. The Bertz CT molecular complexity index is 142. The third kappa shape index (κ3) is 0.808. The van der Waals surface area contributed by atoms with Gasteiger partial charge in [-0.15, -0.1) is 0 Å². The average Bonchev–Trinajstić information content (AvgIpc) is 2.14. The van der Waals surface area contributed by atoms with Gasteiger partial charge in [0.05, 0.1) is 6.54 Å². The van der Waals surface area contributed by atoms with Crippen molar-refractivity contribution in [2.45, 2.75) is 20.3 Å². The molecule has 1 aliphatic rings. The van der Waals surface area contributed by atoms with Crippen molar-refractivity contribution >= 4 is 5.71 Å². The summed E-state index contributed by atoms with van der Waals surface area (Å²) in [5, 5.41) is 0. The Hall–Kier alpha value is -0.590. The van der Waals surface area contributed by atoms with Crippen LogP contribution < -0.4 is 0 Å². The molecular formula is C7H11N. The SMILES string of the molecule is CCC1=NCC=C1C. The van der Waals surface area contributed by atoms with Crippen LogP contribution in [-0.4, -0.2) is 12.3 Å². The van der Waals surface area contributed by atoms with Gasteiger partial charge in [-0.25, -0.2) is 0 Å². The smallest absolute Gasteiger partial charge is 0.0579 e. The molecule has 0 fully saturated rings. The lowest BCUT2D eigenvalue weighted by molar-refractivity contribution is 1.22. The Morgan fingerprint density at radius 1 is 1.75 bits per heavy atom. The summed E-state index contributed by atoms with van der Waals surface area (Å²) in [6.45, 7) is 5.17. The highest BCUT2D eigenvalue weighted by atomic mass is 14.7. The lowest BCUT2D eigenvalue weighted by atomic mass is 10.1. The minimum Gasteiger partial charge on any atom is -0.285 e. The van der Waals surface area contributed by atoms with E-state index in [0.29, 0.717) is 0 Å². The molecule has 1 nitrogen and oxygen atoms in total. The highest BCUT2D eigenvalue weighted by Gasteiger charge is 2.01. The average molecular weight is 109 g/mol. The van der Waals surface area contributed by atoms with Crippen molar-refractivity contribution < 1.29 is 0 Å². The standard InChI is InChI=1S/C7H11N/c1-3-7-6(2)4-5-8-7/h4H,3,5H2,1-2H3. The lowest BCUT2D eigenvalue weighted by Gasteiger charge is -1.92. The van der Waals surface area contributed by atoms with Crippen molar-refractivity contribution in [3.8, 4) is 0 Å². The summed E-state index contributed by atoms with van der Waals surface area (Å²) >= 11 is 0. The molecule has 1 rings (SSSR count). The minimum absolute atomic E-state index is 0.912. The molecule has 44 valence electrons. The number of nitrogens with zero attached hydrogens (tertiary/aromatic N) is 1. The third-order valence-corrected chi connectivity index (χ3v) is 1.47. The van der Waals surface area contributed by atoms with Crippen LogP contribution in [0.4, 0.5) is 0 Å². The summed E-state index contributed by atoms with van der Waals surface area (Å²) in [6, 6.07) is 0. The van der Waals surface area contributed by atoms with Crippen molar-refractivity contribution in [3.63, 3.8) is 0 Å². The number of hydrogen-bond donors (Lipinski definition) is 0. The number of aliphatic imine (C=N–C) groups is 1. The first-order valence-electron chi connectivity index (χ1n) is 3.05. The van der Waals surface area contributed by atoms with Crippen LogP contribution in [0.5, 0.6) is 0 Å². The minimum atomic E-state index is 0.912. The summed E-state index contributed by atoms with van der Waals surface area (Å²) in [5.74, 6) is 0. The maximum atomic E-state index is 4.26. The highest BCUT2D eigenvalue weighted by molar-refractivity contribution is 6.00. The van der Waals surface area contributed by atoms with E-state index in [9.17, 15) is 0 Å². The van der Waals surface area contributed by atoms with Crippen LogP contribution in [0.3, 0.4) is 0 Å². The van der Waals surface area contributed by atoms with Crippen LogP contribution in [-0.2, 0) is 0 Å². The molecule has 0 aromatic rings. The number of rotatable bonds is 1. The van der Waals surface area contributed by atoms with Gasteiger partial charge in [-0.1, -0.05) is 13.0 Å². The first kappa shape index (κ1) is 5.54. The number of hydrogen-bond acceptors (Lipinski definition) is 1. The molecule has 0 bridgehead atoms. The zero-order valence-corrected chi connectivity index (χ0v) is 5.44. The molecule has 0 aromatic carbocycles. The van der Waals surface area contributed by atoms with E-state index < -0.39 is 0 Å². The molecule has 0 N–H and O–H groups in total. The normalized spacial score (nSPS) is 18.2.